The Balaban J connectivity index is 2.10. The molecule has 2 heterocycles. The molecule has 2 aliphatic rings. The molecule has 2 rings (SSSR count). The van der Waals surface area contributed by atoms with Gasteiger partial charge in [0.25, 0.3) is 0 Å². The maximum absolute atomic E-state index is 12.4. The first-order valence-electron chi connectivity index (χ1n) is 6.69. The van der Waals surface area contributed by atoms with Gasteiger partial charge in [0, 0.05) is 25.2 Å². The number of sulfone groups is 1. The second kappa shape index (κ2) is 6.09. The molecule has 7 nitrogen and oxygen atoms in total. The summed E-state index contributed by atoms with van der Waals surface area (Å²) in [7, 11) is -3.15. The molecule has 114 valence electrons. The van der Waals surface area contributed by atoms with E-state index in [2.05, 4.69) is 0 Å². The predicted molar refractivity (Wildman–Crippen MR) is 70.0 cm³/mol. The van der Waals surface area contributed by atoms with Crippen molar-refractivity contribution in [1.82, 2.24) is 4.90 Å². The number of carbonyl (C=O) groups is 2. The van der Waals surface area contributed by atoms with E-state index in [9.17, 15) is 18.0 Å². The molecule has 1 atom stereocenters. The molecule has 0 aromatic rings. The average molecular weight is 305 g/mol. The number of hydrogen-bond acceptors (Lipinski definition) is 5. The van der Waals surface area contributed by atoms with Crippen LogP contribution in [0, 0.1) is 5.92 Å². The van der Waals surface area contributed by atoms with Crippen molar-refractivity contribution in [3.05, 3.63) is 0 Å². The zero-order valence-electron chi connectivity index (χ0n) is 11.2. The number of carbonyl (C=O) groups excluding carboxylic acids is 1. The van der Waals surface area contributed by atoms with Crippen LogP contribution < -0.4 is 0 Å². The van der Waals surface area contributed by atoms with Gasteiger partial charge >= 0.3 is 5.97 Å². The molecule has 0 aliphatic carbocycles. The van der Waals surface area contributed by atoms with E-state index < -0.39 is 28.4 Å². The Morgan fingerprint density at radius 2 is 1.85 bits per heavy atom. The maximum Gasteiger partial charge on any atom is 0.323 e. The normalized spacial score (nSPS) is 26.3. The monoisotopic (exact) mass is 305 g/mol. The third-order valence-electron chi connectivity index (χ3n) is 3.81. The van der Waals surface area contributed by atoms with Crippen LogP contribution in [0.4, 0.5) is 0 Å². The fraction of sp³-hybridized carbons (Fsp3) is 0.833. The van der Waals surface area contributed by atoms with Gasteiger partial charge in [-0.05, 0) is 19.3 Å². The Hall–Kier alpha value is -1.15. The summed E-state index contributed by atoms with van der Waals surface area (Å²) < 4.78 is 28.2. The molecular formula is C12H19NO6S. The number of aliphatic carboxylic acids is 1. The summed E-state index contributed by atoms with van der Waals surface area (Å²) in [5.41, 5.74) is 0. The molecule has 2 fully saturated rings. The number of amides is 1. The molecule has 0 aromatic carbocycles. The smallest absolute Gasteiger partial charge is 0.323 e. The van der Waals surface area contributed by atoms with E-state index in [4.69, 9.17) is 9.84 Å². The number of ether oxygens (including phenoxy) is 1. The van der Waals surface area contributed by atoms with Crippen LogP contribution in [0.5, 0.6) is 0 Å². The lowest BCUT2D eigenvalue weighted by molar-refractivity contribution is -0.149. The second-order valence-corrected chi connectivity index (χ2v) is 7.53. The molecule has 1 N–H and O–H groups in total. The Morgan fingerprint density at radius 3 is 2.35 bits per heavy atom. The quantitative estimate of drug-likeness (QED) is 0.752. The minimum absolute atomic E-state index is 0.0227. The topological polar surface area (TPSA) is 101 Å². The summed E-state index contributed by atoms with van der Waals surface area (Å²) in [5, 5.41) is 8.95. The Morgan fingerprint density at radius 1 is 1.20 bits per heavy atom. The summed E-state index contributed by atoms with van der Waals surface area (Å²) in [6.45, 7) is 0.539. The Labute approximate surface area is 117 Å². The van der Waals surface area contributed by atoms with Crippen molar-refractivity contribution in [3.8, 4) is 0 Å². The number of carboxylic acids is 1. The van der Waals surface area contributed by atoms with Crippen molar-refractivity contribution >= 4 is 21.7 Å². The molecule has 2 saturated heterocycles. The van der Waals surface area contributed by atoms with Gasteiger partial charge in [-0.2, -0.15) is 0 Å². The molecule has 0 spiro atoms. The van der Waals surface area contributed by atoms with E-state index >= 15 is 0 Å². The standard InChI is InChI=1S/C12H19NO6S/c14-11(15)7-13(10-3-6-20(17,18)8-10)12(16)9-1-4-19-5-2-9/h9-10H,1-8H2,(H,14,15). The Kier molecular flexibility index (Phi) is 4.64. The average Bonchev–Trinajstić information content (AvgIpc) is 2.76. The highest BCUT2D eigenvalue weighted by Crippen LogP contribution is 2.23. The fourth-order valence-electron chi connectivity index (χ4n) is 2.73. The fourth-order valence-corrected chi connectivity index (χ4v) is 4.46. The van der Waals surface area contributed by atoms with Crippen molar-refractivity contribution in [2.24, 2.45) is 5.92 Å². The summed E-state index contributed by atoms with van der Waals surface area (Å²) in [5.74, 6) is -1.73. The zero-order chi connectivity index (χ0) is 14.8. The minimum atomic E-state index is -3.15. The van der Waals surface area contributed by atoms with E-state index in [0.717, 1.165) is 0 Å². The van der Waals surface area contributed by atoms with Crippen LogP contribution in [-0.4, -0.2) is 67.6 Å². The number of rotatable bonds is 4. The zero-order valence-corrected chi connectivity index (χ0v) is 12.0. The van der Waals surface area contributed by atoms with Crippen LogP contribution in [0.15, 0.2) is 0 Å². The minimum Gasteiger partial charge on any atom is -0.480 e. The molecule has 20 heavy (non-hydrogen) atoms. The van der Waals surface area contributed by atoms with Crippen molar-refractivity contribution in [3.63, 3.8) is 0 Å². The van der Waals surface area contributed by atoms with Crippen molar-refractivity contribution < 1.29 is 27.9 Å². The van der Waals surface area contributed by atoms with Crippen LogP contribution in [0.25, 0.3) is 0 Å². The largest absolute Gasteiger partial charge is 0.480 e. The predicted octanol–water partition coefficient (Wildman–Crippen LogP) is -0.487. The molecule has 0 aromatic heterocycles. The lowest BCUT2D eigenvalue weighted by Gasteiger charge is -2.32. The van der Waals surface area contributed by atoms with Gasteiger partial charge in [-0.3, -0.25) is 9.59 Å². The lowest BCUT2D eigenvalue weighted by Crippen LogP contribution is -2.47. The van der Waals surface area contributed by atoms with Gasteiger partial charge in [0.15, 0.2) is 9.84 Å². The van der Waals surface area contributed by atoms with Crippen LogP contribution in [0.1, 0.15) is 19.3 Å². The molecule has 2 aliphatic heterocycles. The summed E-state index contributed by atoms with van der Waals surface area (Å²) in [4.78, 5) is 24.6. The van der Waals surface area contributed by atoms with Crippen LogP contribution in [0.2, 0.25) is 0 Å². The van der Waals surface area contributed by atoms with Crippen molar-refractivity contribution in [1.29, 1.82) is 0 Å². The first-order valence-corrected chi connectivity index (χ1v) is 8.51. The first-order chi connectivity index (χ1) is 9.39. The van der Waals surface area contributed by atoms with Gasteiger partial charge < -0.3 is 14.7 Å². The van der Waals surface area contributed by atoms with E-state index in [0.29, 0.717) is 32.5 Å². The van der Waals surface area contributed by atoms with Crippen LogP contribution >= 0.6 is 0 Å². The third kappa shape index (κ3) is 3.69. The summed E-state index contributed by atoms with van der Waals surface area (Å²) >= 11 is 0. The molecule has 0 radical (unpaired) electrons. The van der Waals surface area contributed by atoms with Gasteiger partial charge in [-0.1, -0.05) is 0 Å². The SMILES string of the molecule is O=C(O)CN(C(=O)C1CCOCC1)C1CCS(=O)(=O)C1. The summed E-state index contributed by atoms with van der Waals surface area (Å²) in [6.07, 6.45) is 1.45. The van der Waals surface area contributed by atoms with E-state index in [-0.39, 0.29) is 23.3 Å². The highest BCUT2D eigenvalue weighted by atomic mass is 32.2. The highest BCUT2D eigenvalue weighted by molar-refractivity contribution is 7.91. The van der Waals surface area contributed by atoms with E-state index in [1.54, 1.807) is 0 Å². The molecule has 8 heteroatoms. The van der Waals surface area contributed by atoms with Gasteiger partial charge in [-0.25, -0.2) is 8.42 Å². The van der Waals surface area contributed by atoms with E-state index in [1.807, 2.05) is 0 Å². The highest BCUT2D eigenvalue weighted by Gasteiger charge is 2.38. The second-order valence-electron chi connectivity index (χ2n) is 5.30. The molecule has 1 unspecified atom stereocenters. The van der Waals surface area contributed by atoms with Crippen LogP contribution in [0.3, 0.4) is 0 Å². The molecular weight excluding hydrogens is 286 g/mol. The van der Waals surface area contributed by atoms with Crippen molar-refractivity contribution in [2.75, 3.05) is 31.3 Å². The molecule has 0 bridgehead atoms. The van der Waals surface area contributed by atoms with Gasteiger partial charge in [-0.15, -0.1) is 0 Å². The summed E-state index contributed by atoms with van der Waals surface area (Å²) in [6, 6.07) is -0.508. The van der Waals surface area contributed by atoms with Crippen LogP contribution in [-0.2, 0) is 24.2 Å². The number of hydrogen-bond donors (Lipinski definition) is 1. The third-order valence-corrected chi connectivity index (χ3v) is 5.56. The van der Waals surface area contributed by atoms with Gasteiger partial charge in [0.1, 0.15) is 6.54 Å². The Bertz CT molecular complexity index is 482. The van der Waals surface area contributed by atoms with Crippen molar-refractivity contribution in [2.45, 2.75) is 25.3 Å². The first kappa shape index (κ1) is 15.2. The maximum atomic E-state index is 12.4. The lowest BCUT2D eigenvalue weighted by atomic mass is 9.97. The van der Waals surface area contributed by atoms with Gasteiger partial charge in [0.05, 0.1) is 11.5 Å². The van der Waals surface area contributed by atoms with E-state index in [1.165, 1.54) is 4.90 Å². The number of carboxylic acid groups (broad SMARTS) is 1. The molecule has 1 amide bonds. The van der Waals surface area contributed by atoms with Gasteiger partial charge in [0.2, 0.25) is 5.91 Å². The molecule has 0 saturated carbocycles. The number of nitrogens with zero attached hydrogens (tertiary/aromatic N) is 1.